The molecule has 0 fully saturated rings. The first kappa shape index (κ1) is 12.8. The topological polar surface area (TPSA) is 38.9 Å². The second-order valence-electron chi connectivity index (χ2n) is 4.95. The Morgan fingerprint density at radius 1 is 1.14 bits per heavy atom. The minimum Gasteiger partial charge on any atom is -0.464 e. The van der Waals surface area contributed by atoms with Gasteiger partial charge in [-0.3, -0.25) is 0 Å². The molecule has 0 spiro atoms. The van der Waals surface area contributed by atoms with Gasteiger partial charge < -0.3 is 4.42 Å². The molecule has 4 rings (SSSR count). The summed E-state index contributed by atoms with van der Waals surface area (Å²) in [5.41, 5.74) is 2.85. The van der Waals surface area contributed by atoms with Crippen molar-refractivity contribution in [3.05, 3.63) is 46.1 Å². The summed E-state index contributed by atoms with van der Waals surface area (Å²) in [7, 11) is 0. The number of fused-ring (bicyclic) bond motifs is 2. The van der Waals surface area contributed by atoms with Crippen LogP contribution in [0.3, 0.4) is 0 Å². The lowest BCUT2D eigenvalue weighted by Gasteiger charge is -2.00. The van der Waals surface area contributed by atoms with Gasteiger partial charge in [0.05, 0.1) is 10.9 Å². The maximum absolute atomic E-state index is 6.37. The van der Waals surface area contributed by atoms with Gasteiger partial charge in [0, 0.05) is 10.3 Å². The fraction of sp³-hybridized carbons (Fsp3) is 0.125. The molecule has 0 bridgehead atoms. The van der Waals surface area contributed by atoms with Crippen molar-refractivity contribution in [1.82, 2.24) is 9.97 Å². The molecule has 3 heterocycles. The van der Waals surface area contributed by atoms with Gasteiger partial charge in [-0.1, -0.05) is 29.8 Å². The van der Waals surface area contributed by atoms with Crippen LogP contribution in [0.25, 0.3) is 32.6 Å². The van der Waals surface area contributed by atoms with E-state index in [1.54, 1.807) is 17.6 Å². The number of para-hydroxylation sites is 1. The maximum atomic E-state index is 6.37. The monoisotopic (exact) mass is 314 g/mol. The molecule has 0 amide bonds. The molecular weight excluding hydrogens is 304 g/mol. The summed E-state index contributed by atoms with van der Waals surface area (Å²) < 4.78 is 5.56. The lowest BCUT2D eigenvalue weighted by molar-refractivity contribution is 0.616. The van der Waals surface area contributed by atoms with E-state index in [2.05, 4.69) is 23.8 Å². The summed E-state index contributed by atoms with van der Waals surface area (Å²) in [6.45, 7) is 4.13. The van der Waals surface area contributed by atoms with Gasteiger partial charge in [-0.15, -0.1) is 11.3 Å². The van der Waals surface area contributed by atoms with Gasteiger partial charge in [0.1, 0.15) is 21.8 Å². The molecule has 4 aromatic rings. The zero-order valence-corrected chi connectivity index (χ0v) is 13.0. The number of hydrogen-bond donors (Lipinski definition) is 0. The predicted octanol–water partition coefficient (Wildman–Crippen LogP) is 5.37. The summed E-state index contributed by atoms with van der Waals surface area (Å²) in [5, 5.41) is 2.45. The molecule has 0 atom stereocenters. The molecule has 3 aromatic heterocycles. The molecule has 5 heteroatoms. The Hall–Kier alpha value is -1.91. The Morgan fingerprint density at radius 3 is 2.81 bits per heavy atom. The van der Waals surface area contributed by atoms with E-state index in [0.717, 1.165) is 32.3 Å². The smallest absolute Gasteiger partial charge is 0.166 e. The number of nitrogens with zero attached hydrogens (tertiary/aromatic N) is 2. The Bertz CT molecular complexity index is 987. The number of benzene rings is 1. The molecule has 104 valence electrons. The molecule has 0 saturated heterocycles. The zero-order valence-electron chi connectivity index (χ0n) is 11.5. The van der Waals surface area contributed by atoms with E-state index in [-0.39, 0.29) is 0 Å². The highest BCUT2D eigenvalue weighted by atomic mass is 35.5. The molecule has 0 unspecified atom stereocenters. The van der Waals surface area contributed by atoms with Gasteiger partial charge in [0.25, 0.3) is 0 Å². The average Bonchev–Trinajstić information content (AvgIpc) is 3.01. The fourth-order valence-corrected chi connectivity index (χ4v) is 3.87. The van der Waals surface area contributed by atoms with Gasteiger partial charge in [0.2, 0.25) is 0 Å². The SMILES string of the molecule is Cc1sc2nc(-c3coc4ccccc34)nc(Cl)c2c1C. The van der Waals surface area contributed by atoms with Crippen LogP contribution in [0.5, 0.6) is 0 Å². The van der Waals surface area contributed by atoms with Crippen molar-refractivity contribution in [2.24, 2.45) is 0 Å². The van der Waals surface area contributed by atoms with Crippen LogP contribution < -0.4 is 0 Å². The van der Waals surface area contributed by atoms with E-state index in [0.29, 0.717) is 11.0 Å². The Morgan fingerprint density at radius 2 is 1.95 bits per heavy atom. The van der Waals surface area contributed by atoms with Gasteiger partial charge in [-0.2, -0.15) is 0 Å². The summed E-state index contributed by atoms with van der Waals surface area (Å²) in [6.07, 6.45) is 1.69. The number of furan rings is 1. The Balaban J connectivity index is 2.03. The van der Waals surface area contributed by atoms with Crippen LogP contribution in [0.4, 0.5) is 0 Å². The van der Waals surface area contributed by atoms with Crippen LogP contribution in [-0.4, -0.2) is 9.97 Å². The normalized spacial score (nSPS) is 11.6. The second kappa shape index (κ2) is 4.55. The predicted molar refractivity (Wildman–Crippen MR) is 87.1 cm³/mol. The molecule has 0 aliphatic carbocycles. The van der Waals surface area contributed by atoms with Crippen LogP contribution >= 0.6 is 22.9 Å². The molecular formula is C16H11ClN2OS. The number of aryl methyl sites for hydroxylation is 2. The minimum absolute atomic E-state index is 0.502. The van der Waals surface area contributed by atoms with Gasteiger partial charge in [-0.25, -0.2) is 9.97 Å². The summed E-state index contributed by atoms with van der Waals surface area (Å²) >= 11 is 8.02. The molecule has 3 nitrogen and oxygen atoms in total. The van der Waals surface area contributed by atoms with Gasteiger partial charge >= 0.3 is 0 Å². The van der Waals surface area contributed by atoms with Gasteiger partial charge in [-0.05, 0) is 25.5 Å². The van der Waals surface area contributed by atoms with Crippen molar-refractivity contribution in [3.63, 3.8) is 0 Å². The molecule has 1 aromatic carbocycles. The van der Waals surface area contributed by atoms with Crippen LogP contribution in [0, 0.1) is 13.8 Å². The third-order valence-corrected chi connectivity index (χ3v) is 5.08. The second-order valence-corrected chi connectivity index (χ2v) is 6.51. The van der Waals surface area contributed by atoms with Crippen molar-refractivity contribution < 1.29 is 4.42 Å². The first-order valence-corrected chi connectivity index (χ1v) is 7.74. The van der Waals surface area contributed by atoms with Crippen molar-refractivity contribution in [1.29, 1.82) is 0 Å². The highest BCUT2D eigenvalue weighted by molar-refractivity contribution is 7.18. The minimum atomic E-state index is 0.502. The lowest BCUT2D eigenvalue weighted by atomic mass is 10.1. The average molecular weight is 315 g/mol. The van der Waals surface area contributed by atoms with Crippen LogP contribution in [0.2, 0.25) is 5.15 Å². The van der Waals surface area contributed by atoms with Crippen LogP contribution in [0.1, 0.15) is 10.4 Å². The molecule has 0 saturated carbocycles. The first-order valence-electron chi connectivity index (χ1n) is 6.55. The highest BCUT2D eigenvalue weighted by Gasteiger charge is 2.16. The third-order valence-electron chi connectivity index (χ3n) is 3.71. The van der Waals surface area contributed by atoms with E-state index in [4.69, 9.17) is 16.0 Å². The standard InChI is InChI=1S/C16H11ClN2OS/c1-8-9(2)21-16-13(8)14(17)18-15(19-16)11-7-20-12-6-4-3-5-10(11)12/h3-7H,1-2H3. The van der Waals surface area contributed by atoms with Crippen LogP contribution in [-0.2, 0) is 0 Å². The number of halogens is 1. The fourth-order valence-electron chi connectivity index (χ4n) is 2.47. The van der Waals surface area contributed by atoms with Crippen molar-refractivity contribution in [3.8, 4) is 11.4 Å². The van der Waals surface area contributed by atoms with Crippen molar-refractivity contribution in [2.75, 3.05) is 0 Å². The van der Waals surface area contributed by atoms with E-state index in [1.165, 1.54) is 4.88 Å². The lowest BCUT2D eigenvalue weighted by Crippen LogP contribution is -1.89. The number of aromatic nitrogens is 2. The van der Waals surface area contributed by atoms with E-state index < -0.39 is 0 Å². The van der Waals surface area contributed by atoms with Crippen molar-refractivity contribution in [2.45, 2.75) is 13.8 Å². The first-order chi connectivity index (χ1) is 10.1. The van der Waals surface area contributed by atoms with E-state index >= 15 is 0 Å². The van der Waals surface area contributed by atoms with E-state index in [1.807, 2.05) is 24.3 Å². The molecule has 0 radical (unpaired) electrons. The summed E-state index contributed by atoms with van der Waals surface area (Å²) in [4.78, 5) is 11.3. The molecule has 21 heavy (non-hydrogen) atoms. The molecule has 0 aliphatic heterocycles. The zero-order chi connectivity index (χ0) is 14.6. The van der Waals surface area contributed by atoms with Crippen LogP contribution in [0.15, 0.2) is 34.9 Å². The highest BCUT2D eigenvalue weighted by Crippen LogP contribution is 2.36. The molecule has 0 N–H and O–H groups in total. The summed E-state index contributed by atoms with van der Waals surface area (Å²) in [5.74, 6) is 0.610. The van der Waals surface area contributed by atoms with E-state index in [9.17, 15) is 0 Å². The third kappa shape index (κ3) is 1.87. The maximum Gasteiger partial charge on any atom is 0.166 e. The number of rotatable bonds is 1. The summed E-state index contributed by atoms with van der Waals surface area (Å²) in [6, 6.07) is 7.85. The Kier molecular flexibility index (Phi) is 2.77. The quantitative estimate of drug-likeness (QED) is 0.443. The van der Waals surface area contributed by atoms with Crippen molar-refractivity contribution >= 4 is 44.1 Å². The largest absolute Gasteiger partial charge is 0.464 e. The Labute approximate surface area is 130 Å². The number of thiophene rings is 1. The molecule has 0 aliphatic rings. The number of hydrogen-bond acceptors (Lipinski definition) is 4. The van der Waals surface area contributed by atoms with Gasteiger partial charge in [0.15, 0.2) is 5.82 Å².